The van der Waals surface area contributed by atoms with Gasteiger partial charge < -0.3 is 4.52 Å². The molecule has 0 unspecified atom stereocenters. The average Bonchev–Trinajstić information content (AvgIpc) is 2.74. The van der Waals surface area contributed by atoms with Crippen LogP contribution in [0.4, 0.5) is 0 Å². The first kappa shape index (κ1) is 10.8. The van der Waals surface area contributed by atoms with Gasteiger partial charge in [0.05, 0.1) is 4.88 Å². The lowest BCUT2D eigenvalue weighted by Gasteiger charge is -1.85. The molecule has 0 aliphatic heterocycles. The van der Waals surface area contributed by atoms with Gasteiger partial charge in [0, 0.05) is 21.2 Å². The van der Waals surface area contributed by atoms with Gasteiger partial charge in [-0.2, -0.15) is 4.98 Å². The summed E-state index contributed by atoms with van der Waals surface area (Å²) in [6.07, 6.45) is 0.489. The largest absolute Gasteiger partial charge is 0.338 e. The van der Waals surface area contributed by atoms with Crippen molar-refractivity contribution in [1.29, 1.82) is 0 Å². The third-order valence-corrected chi connectivity index (χ3v) is 4.26. The van der Waals surface area contributed by atoms with Crippen LogP contribution in [0.3, 0.4) is 0 Å². The molecular formula is C9H6BrN3O3S. The Hall–Kier alpha value is -1.28. The van der Waals surface area contributed by atoms with Crippen LogP contribution in [0.5, 0.6) is 0 Å². The third-order valence-electron chi connectivity index (χ3n) is 2.57. The van der Waals surface area contributed by atoms with E-state index in [1.54, 1.807) is 0 Å². The minimum absolute atomic E-state index is 0.213. The zero-order chi connectivity index (χ0) is 12.0. The summed E-state index contributed by atoms with van der Waals surface area (Å²) in [6, 6.07) is 1.33. The van der Waals surface area contributed by atoms with E-state index in [1.165, 1.54) is 11.3 Å². The highest BCUT2D eigenvalue weighted by Crippen LogP contribution is 2.42. The molecule has 1 fully saturated rings. The van der Waals surface area contributed by atoms with Crippen LogP contribution in [0.2, 0.25) is 0 Å². The number of hydrogen-bond donors (Lipinski definition) is 0. The molecule has 17 heavy (non-hydrogen) atoms. The van der Waals surface area contributed by atoms with Gasteiger partial charge in [0.25, 0.3) is 0 Å². The second-order valence-corrected chi connectivity index (χ2v) is 5.61. The Morgan fingerprint density at radius 3 is 3.06 bits per heavy atom. The van der Waals surface area contributed by atoms with Crippen molar-refractivity contribution in [2.24, 2.45) is 0 Å². The van der Waals surface area contributed by atoms with Gasteiger partial charge in [-0.1, -0.05) is 5.16 Å². The van der Waals surface area contributed by atoms with Gasteiger partial charge in [0.1, 0.15) is 5.92 Å². The maximum Gasteiger partial charge on any atom is 0.237 e. The number of rotatable bonds is 3. The lowest BCUT2D eigenvalue weighted by molar-refractivity contribution is -0.496. The zero-order valence-corrected chi connectivity index (χ0v) is 10.8. The maximum atomic E-state index is 10.5. The molecule has 6 nitrogen and oxygen atoms in total. The Morgan fingerprint density at radius 1 is 1.65 bits per heavy atom. The maximum absolute atomic E-state index is 10.5. The van der Waals surface area contributed by atoms with Crippen molar-refractivity contribution in [3.05, 3.63) is 31.9 Å². The highest BCUT2D eigenvalue weighted by Gasteiger charge is 2.53. The summed E-state index contributed by atoms with van der Waals surface area (Å²) in [5, 5.41) is 16.3. The molecule has 2 atom stereocenters. The van der Waals surface area contributed by atoms with Crippen LogP contribution in [0.1, 0.15) is 18.2 Å². The number of thiophene rings is 1. The van der Waals surface area contributed by atoms with Crippen molar-refractivity contribution in [3.63, 3.8) is 0 Å². The molecule has 0 amide bonds. The number of aromatic nitrogens is 2. The van der Waals surface area contributed by atoms with Gasteiger partial charge in [0.2, 0.25) is 17.8 Å². The van der Waals surface area contributed by atoms with E-state index >= 15 is 0 Å². The second-order valence-electron chi connectivity index (χ2n) is 3.78. The van der Waals surface area contributed by atoms with Gasteiger partial charge in [-0.3, -0.25) is 10.1 Å². The van der Waals surface area contributed by atoms with E-state index in [0.717, 1.165) is 9.35 Å². The summed E-state index contributed by atoms with van der Waals surface area (Å²) in [6.45, 7) is 0. The number of hydrogen-bond acceptors (Lipinski definition) is 6. The summed E-state index contributed by atoms with van der Waals surface area (Å²) < 4.78 is 6.02. The van der Waals surface area contributed by atoms with Gasteiger partial charge in [-0.15, -0.1) is 11.3 Å². The quantitative estimate of drug-likeness (QED) is 0.642. The molecule has 1 saturated carbocycles. The molecule has 0 radical (unpaired) electrons. The predicted octanol–water partition coefficient (Wildman–Crippen LogP) is 2.69. The van der Waals surface area contributed by atoms with E-state index in [1.807, 2.05) is 11.4 Å². The van der Waals surface area contributed by atoms with Crippen molar-refractivity contribution in [1.82, 2.24) is 10.1 Å². The fourth-order valence-electron chi connectivity index (χ4n) is 1.60. The molecule has 2 aromatic heterocycles. The van der Waals surface area contributed by atoms with E-state index in [-0.39, 0.29) is 10.8 Å². The lowest BCUT2D eigenvalue weighted by atomic mass is 10.4. The first-order chi connectivity index (χ1) is 8.15. The van der Waals surface area contributed by atoms with E-state index in [9.17, 15) is 10.1 Å². The van der Waals surface area contributed by atoms with Crippen LogP contribution < -0.4 is 0 Å². The SMILES string of the molecule is O=[N+]([O-])[C@@H]1C[C@H]1c1nc(-c2cc(Br)cs2)no1. The molecule has 1 aliphatic rings. The van der Waals surface area contributed by atoms with Crippen LogP contribution >= 0.6 is 27.3 Å². The topological polar surface area (TPSA) is 82.1 Å². The van der Waals surface area contributed by atoms with Crippen molar-refractivity contribution < 1.29 is 9.45 Å². The fraction of sp³-hybridized carbons (Fsp3) is 0.333. The molecule has 2 aromatic rings. The Morgan fingerprint density at radius 2 is 2.47 bits per heavy atom. The highest BCUT2D eigenvalue weighted by molar-refractivity contribution is 9.10. The molecule has 1 aliphatic carbocycles. The molecule has 3 rings (SSSR count). The van der Waals surface area contributed by atoms with Gasteiger partial charge in [-0.25, -0.2) is 0 Å². The summed E-state index contributed by atoms with van der Waals surface area (Å²) in [4.78, 5) is 15.3. The van der Waals surface area contributed by atoms with Crippen LogP contribution in [0, 0.1) is 10.1 Å². The van der Waals surface area contributed by atoms with E-state index in [4.69, 9.17) is 4.52 Å². The standard InChI is InChI=1S/C9H6BrN3O3S/c10-4-1-7(17-3-4)8-11-9(16-12-8)5-2-6(5)13(14)15/h1,3,5-6H,2H2/t5-,6-/m1/s1. The number of nitrogens with zero attached hydrogens (tertiary/aromatic N) is 3. The van der Waals surface area contributed by atoms with Crippen molar-refractivity contribution in [2.45, 2.75) is 18.4 Å². The molecule has 0 spiro atoms. The molecule has 8 heteroatoms. The number of halogens is 1. The third kappa shape index (κ3) is 1.98. The average molecular weight is 316 g/mol. The Kier molecular flexibility index (Phi) is 2.48. The Balaban J connectivity index is 1.82. The fourth-order valence-corrected chi connectivity index (χ4v) is 2.95. The molecular weight excluding hydrogens is 310 g/mol. The van der Waals surface area contributed by atoms with Gasteiger partial charge in [-0.05, 0) is 22.0 Å². The van der Waals surface area contributed by atoms with Crippen LogP contribution in [-0.4, -0.2) is 21.1 Å². The molecule has 0 bridgehead atoms. The van der Waals surface area contributed by atoms with Gasteiger partial charge >= 0.3 is 0 Å². The minimum Gasteiger partial charge on any atom is -0.338 e. The monoisotopic (exact) mass is 315 g/mol. The summed E-state index contributed by atoms with van der Waals surface area (Å²) in [5.41, 5.74) is 0. The normalized spacial score (nSPS) is 22.6. The molecule has 88 valence electrons. The minimum atomic E-state index is -0.557. The van der Waals surface area contributed by atoms with E-state index < -0.39 is 6.04 Å². The van der Waals surface area contributed by atoms with E-state index in [2.05, 4.69) is 26.1 Å². The van der Waals surface area contributed by atoms with Crippen LogP contribution in [0.15, 0.2) is 20.4 Å². The molecule has 0 saturated heterocycles. The van der Waals surface area contributed by atoms with Crippen molar-refractivity contribution in [2.75, 3.05) is 0 Å². The summed E-state index contributed by atoms with van der Waals surface area (Å²) in [7, 11) is 0. The van der Waals surface area contributed by atoms with E-state index in [0.29, 0.717) is 18.1 Å². The number of nitro groups is 1. The van der Waals surface area contributed by atoms with Crippen molar-refractivity contribution in [3.8, 4) is 10.7 Å². The summed E-state index contributed by atoms with van der Waals surface area (Å²) in [5.74, 6) is 0.644. The molecule has 0 aromatic carbocycles. The first-order valence-corrected chi connectivity index (χ1v) is 6.54. The first-order valence-electron chi connectivity index (χ1n) is 4.86. The summed E-state index contributed by atoms with van der Waals surface area (Å²) >= 11 is 4.83. The van der Waals surface area contributed by atoms with Crippen LogP contribution in [0.25, 0.3) is 10.7 Å². The van der Waals surface area contributed by atoms with Crippen LogP contribution in [-0.2, 0) is 0 Å². The Bertz CT molecular complexity index is 582. The second kappa shape index (κ2) is 3.88. The lowest BCUT2D eigenvalue weighted by Crippen LogP contribution is -2.02. The van der Waals surface area contributed by atoms with Crippen molar-refractivity contribution >= 4 is 27.3 Å². The smallest absolute Gasteiger partial charge is 0.237 e. The predicted molar refractivity (Wildman–Crippen MR) is 63.5 cm³/mol. The zero-order valence-electron chi connectivity index (χ0n) is 8.37. The molecule has 2 heterocycles. The highest BCUT2D eigenvalue weighted by atomic mass is 79.9. The molecule has 0 N–H and O–H groups in total. The Labute approximate surface area is 108 Å². The van der Waals surface area contributed by atoms with Gasteiger partial charge in [0.15, 0.2) is 0 Å².